The smallest absolute Gasteiger partial charge is 0.125 e. The molecule has 0 radical (unpaired) electrons. The van der Waals surface area contributed by atoms with Crippen molar-refractivity contribution in [2.45, 2.75) is 58.0 Å². The quantitative estimate of drug-likeness (QED) is 0.583. The zero-order valence-corrected chi connectivity index (χ0v) is 17.0. The highest BCUT2D eigenvalue weighted by atomic mass is 16.3. The van der Waals surface area contributed by atoms with Gasteiger partial charge in [0.25, 0.3) is 0 Å². The molecule has 1 aromatic carbocycles. The molecule has 0 amide bonds. The van der Waals surface area contributed by atoms with Gasteiger partial charge in [-0.15, -0.1) is 0 Å². The number of anilines is 2. The molecule has 0 saturated carbocycles. The number of aromatic nitrogens is 1. The first kappa shape index (κ1) is 20.6. The highest BCUT2D eigenvalue weighted by Crippen LogP contribution is 2.20. The molecule has 0 aliphatic carbocycles. The van der Waals surface area contributed by atoms with E-state index in [-0.39, 0.29) is 12.6 Å². The van der Waals surface area contributed by atoms with Crippen molar-refractivity contribution in [3.8, 4) is 0 Å². The third kappa shape index (κ3) is 6.21. The van der Waals surface area contributed by atoms with Crippen LogP contribution >= 0.6 is 0 Å². The maximum atomic E-state index is 9.28. The van der Waals surface area contributed by atoms with Crippen molar-refractivity contribution in [1.29, 1.82) is 0 Å². The molecular weight excluding hydrogens is 348 g/mol. The summed E-state index contributed by atoms with van der Waals surface area (Å²) >= 11 is 0. The number of hydrogen-bond acceptors (Lipinski definition) is 5. The Bertz CT molecular complexity index is 720. The van der Waals surface area contributed by atoms with Gasteiger partial charge in [-0.3, -0.25) is 4.90 Å². The summed E-state index contributed by atoms with van der Waals surface area (Å²) in [5.74, 6) is 0.532. The monoisotopic (exact) mass is 382 g/mol. The van der Waals surface area contributed by atoms with E-state index in [1.165, 1.54) is 37.1 Å². The molecule has 5 nitrogen and oxygen atoms in total. The molecule has 3 rings (SSSR count). The summed E-state index contributed by atoms with van der Waals surface area (Å²) < 4.78 is 0. The van der Waals surface area contributed by atoms with Crippen LogP contribution in [0, 0.1) is 0 Å². The van der Waals surface area contributed by atoms with Gasteiger partial charge in [0.05, 0.1) is 0 Å². The van der Waals surface area contributed by atoms with Crippen LogP contribution in [0.25, 0.3) is 0 Å². The summed E-state index contributed by atoms with van der Waals surface area (Å²) in [5, 5.41) is 12.8. The number of aliphatic hydroxyl groups excluding tert-OH is 1. The van der Waals surface area contributed by atoms with Gasteiger partial charge in [-0.05, 0) is 56.0 Å². The summed E-state index contributed by atoms with van der Waals surface area (Å²) in [6.45, 7) is 5.84. The Kier molecular flexibility index (Phi) is 7.69. The van der Waals surface area contributed by atoms with Crippen molar-refractivity contribution in [2.24, 2.45) is 0 Å². The van der Waals surface area contributed by atoms with Gasteiger partial charge >= 0.3 is 0 Å². The van der Waals surface area contributed by atoms with Gasteiger partial charge in [-0.2, -0.15) is 0 Å². The standard InChI is InChI=1S/C23H34N4O/c1-2-5-20(10-13-28)25-22-15-21(26-23(24)16-22)14-18-6-8-19(9-7-18)17-27-11-3-4-12-27/h6-9,15-16,20,28H,2-5,10-14,17H2,1H3,(H3,24,25,26)/t20-/m0/s1. The van der Waals surface area contributed by atoms with Gasteiger partial charge in [0.2, 0.25) is 0 Å². The third-order valence-corrected chi connectivity index (χ3v) is 5.40. The molecule has 0 unspecified atom stereocenters. The molecule has 1 fully saturated rings. The second kappa shape index (κ2) is 10.4. The number of hydrogen-bond donors (Lipinski definition) is 3. The number of benzene rings is 1. The molecule has 1 saturated heterocycles. The summed E-state index contributed by atoms with van der Waals surface area (Å²) in [4.78, 5) is 7.03. The largest absolute Gasteiger partial charge is 0.396 e. The van der Waals surface area contributed by atoms with Crippen LogP contribution < -0.4 is 11.1 Å². The van der Waals surface area contributed by atoms with Gasteiger partial charge in [-0.25, -0.2) is 4.98 Å². The number of nitrogens with zero attached hydrogens (tertiary/aromatic N) is 2. The fourth-order valence-corrected chi connectivity index (χ4v) is 3.98. The van der Waals surface area contributed by atoms with Crippen LogP contribution in [0.4, 0.5) is 11.5 Å². The Morgan fingerprint density at radius 1 is 1.11 bits per heavy atom. The second-order valence-corrected chi connectivity index (χ2v) is 7.89. The van der Waals surface area contributed by atoms with Crippen LogP contribution in [0.5, 0.6) is 0 Å². The lowest BCUT2D eigenvalue weighted by atomic mass is 10.1. The Hall–Kier alpha value is -2.11. The number of likely N-dealkylation sites (tertiary alicyclic amines) is 1. The molecule has 0 bridgehead atoms. The molecule has 152 valence electrons. The van der Waals surface area contributed by atoms with Crippen molar-refractivity contribution >= 4 is 11.5 Å². The topological polar surface area (TPSA) is 74.4 Å². The van der Waals surface area contributed by atoms with Crippen LogP contribution in [0.2, 0.25) is 0 Å². The first-order chi connectivity index (χ1) is 13.7. The van der Waals surface area contributed by atoms with E-state index in [2.05, 4.69) is 52.5 Å². The average Bonchev–Trinajstić information content (AvgIpc) is 3.16. The van der Waals surface area contributed by atoms with Crippen molar-refractivity contribution in [2.75, 3.05) is 30.7 Å². The van der Waals surface area contributed by atoms with E-state index in [0.717, 1.165) is 43.6 Å². The predicted molar refractivity (Wildman–Crippen MR) is 116 cm³/mol. The highest BCUT2D eigenvalue weighted by Gasteiger charge is 2.12. The molecule has 5 heteroatoms. The lowest BCUT2D eigenvalue weighted by Gasteiger charge is -2.19. The zero-order chi connectivity index (χ0) is 19.8. The molecule has 0 spiro atoms. The normalized spacial score (nSPS) is 15.6. The SMILES string of the molecule is CCC[C@@H](CCO)Nc1cc(N)nc(Cc2ccc(CN3CCCC3)cc2)c1. The Morgan fingerprint density at radius 2 is 1.82 bits per heavy atom. The van der Waals surface area contributed by atoms with Crippen molar-refractivity contribution < 1.29 is 5.11 Å². The fraction of sp³-hybridized carbons (Fsp3) is 0.522. The predicted octanol–water partition coefficient (Wildman–Crippen LogP) is 3.81. The molecule has 1 atom stereocenters. The van der Waals surface area contributed by atoms with Crippen LogP contribution in [0.1, 0.15) is 55.8 Å². The molecule has 1 aliphatic heterocycles. The van der Waals surface area contributed by atoms with Crippen LogP contribution in [0.15, 0.2) is 36.4 Å². The molecule has 4 N–H and O–H groups in total. The van der Waals surface area contributed by atoms with Gasteiger partial charge < -0.3 is 16.2 Å². The minimum atomic E-state index is 0.189. The second-order valence-electron chi connectivity index (χ2n) is 7.89. The molecule has 1 aromatic heterocycles. The zero-order valence-electron chi connectivity index (χ0n) is 17.0. The minimum Gasteiger partial charge on any atom is -0.396 e. The van der Waals surface area contributed by atoms with Gasteiger partial charge in [0.1, 0.15) is 5.82 Å². The summed E-state index contributed by atoms with van der Waals surface area (Å²) in [6.07, 6.45) is 6.26. The number of pyridine rings is 1. The van der Waals surface area contributed by atoms with Crippen LogP contribution in [0.3, 0.4) is 0 Å². The minimum absolute atomic E-state index is 0.189. The van der Waals surface area contributed by atoms with E-state index in [4.69, 9.17) is 5.73 Å². The molecular formula is C23H34N4O. The number of rotatable bonds is 10. The van der Waals surface area contributed by atoms with E-state index in [1.807, 2.05) is 6.07 Å². The van der Waals surface area contributed by atoms with Crippen LogP contribution in [-0.2, 0) is 13.0 Å². The maximum Gasteiger partial charge on any atom is 0.125 e. The van der Waals surface area contributed by atoms with E-state index >= 15 is 0 Å². The van der Waals surface area contributed by atoms with E-state index in [0.29, 0.717) is 5.82 Å². The average molecular weight is 383 g/mol. The molecule has 28 heavy (non-hydrogen) atoms. The van der Waals surface area contributed by atoms with Crippen molar-refractivity contribution in [3.63, 3.8) is 0 Å². The van der Waals surface area contributed by atoms with E-state index in [9.17, 15) is 5.11 Å². The van der Waals surface area contributed by atoms with Gasteiger partial charge in [0, 0.05) is 43.1 Å². The van der Waals surface area contributed by atoms with Gasteiger partial charge in [-0.1, -0.05) is 37.6 Å². The van der Waals surface area contributed by atoms with Crippen molar-refractivity contribution in [1.82, 2.24) is 9.88 Å². The first-order valence-corrected chi connectivity index (χ1v) is 10.6. The maximum absolute atomic E-state index is 9.28. The number of nitrogen functional groups attached to an aromatic ring is 1. The molecule has 2 heterocycles. The first-order valence-electron chi connectivity index (χ1n) is 10.6. The Balaban J connectivity index is 1.63. The van der Waals surface area contributed by atoms with Crippen molar-refractivity contribution in [3.05, 3.63) is 53.2 Å². The number of nitrogens with two attached hydrogens (primary N) is 1. The lowest BCUT2D eigenvalue weighted by molar-refractivity contribution is 0.276. The highest BCUT2D eigenvalue weighted by molar-refractivity contribution is 5.53. The molecule has 1 aliphatic rings. The number of aliphatic hydroxyl groups is 1. The summed E-state index contributed by atoms with van der Waals surface area (Å²) in [6, 6.07) is 13.1. The third-order valence-electron chi connectivity index (χ3n) is 5.40. The van der Waals surface area contributed by atoms with Crippen LogP contribution in [-0.4, -0.2) is 40.7 Å². The van der Waals surface area contributed by atoms with E-state index < -0.39 is 0 Å². The van der Waals surface area contributed by atoms with Gasteiger partial charge in [0.15, 0.2) is 0 Å². The fourth-order valence-electron chi connectivity index (χ4n) is 3.98. The Morgan fingerprint density at radius 3 is 2.50 bits per heavy atom. The molecule has 2 aromatic rings. The Labute approximate surface area is 169 Å². The summed E-state index contributed by atoms with van der Waals surface area (Å²) in [7, 11) is 0. The number of nitrogens with one attached hydrogen (secondary N) is 1. The van der Waals surface area contributed by atoms with E-state index in [1.54, 1.807) is 0 Å². The summed E-state index contributed by atoms with van der Waals surface area (Å²) in [5.41, 5.74) is 10.6. The lowest BCUT2D eigenvalue weighted by Crippen LogP contribution is -2.21.